The topological polar surface area (TPSA) is 52.6 Å². The summed E-state index contributed by atoms with van der Waals surface area (Å²) in [6.07, 6.45) is -9.85. The Hall–Kier alpha value is -0.820. The summed E-state index contributed by atoms with van der Waals surface area (Å²) in [7, 11) is -4.90. The van der Waals surface area contributed by atoms with Crippen LogP contribution in [0.4, 0.5) is 26.3 Å². The molecule has 0 rings (SSSR count). The third kappa shape index (κ3) is 8.93. The maximum absolute atomic E-state index is 11.7. The van der Waals surface area contributed by atoms with Crippen LogP contribution in [0.5, 0.6) is 0 Å². The lowest BCUT2D eigenvalue weighted by atomic mass is 10.7. The van der Waals surface area contributed by atoms with Crippen LogP contribution < -0.4 is 0 Å². The fourth-order valence-electron chi connectivity index (χ4n) is 0.503. The average Bonchev–Trinajstić information content (AvgIpc) is 2.11. The normalized spacial score (nSPS) is 13.3. The van der Waals surface area contributed by atoms with Crippen LogP contribution in [-0.4, -0.2) is 31.5 Å². The highest BCUT2D eigenvalue weighted by molar-refractivity contribution is 7.57. The van der Waals surface area contributed by atoms with E-state index in [2.05, 4.69) is 9.05 Å². The predicted molar refractivity (Wildman–Crippen MR) is 41.9 cm³/mol. The van der Waals surface area contributed by atoms with Crippen molar-refractivity contribution in [3.63, 3.8) is 0 Å². The van der Waals surface area contributed by atoms with Crippen LogP contribution in [0.25, 0.3) is 0 Å². The lowest BCUT2D eigenvalue weighted by molar-refractivity contribution is -0.164. The first-order valence-corrected chi connectivity index (χ1v) is 5.33. The second-order valence-electron chi connectivity index (χ2n) is 2.56. The van der Waals surface area contributed by atoms with Crippen molar-refractivity contribution >= 4 is 13.5 Å². The molecule has 0 N–H and O–H groups in total. The highest BCUT2D eigenvalue weighted by Crippen LogP contribution is 2.50. The summed E-state index contributed by atoms with van der Waals surface area (Å²) in [6.45, 7) is -4.22. The van der Waals surface area contributed by atoms with Gasteiger partial charge in [-0.25, -0.2) is 4.79 Å². The summed E-state index contributed by atoms with van der Waals surface area (Å²) in [6, 6.07) is 0. The fourth-order valence-corrected chi connectivity index (χ4v) is 1.51. The minimum atomic E-state index is -4.92. The van der Waals surface area contributed by atoms with Crippen molar-refractivity contribution in [3.8, 4) is 0 Å². The molecule has 0 aromatic rings. The van der Waals surface area contributed by atoms with Gasteiger partial charge in [-0.3, -0.25) is 13.6 Å². The third-order valence-corrected chi connectivity index (χ3v) is 2.43. The van der Waals surface area contributed by atoms with E-state index in [1.807, 2.05) is 0 Å². The van der Waals surface area contributed by atoms with E-state index in [4.69, 9.17) is 0 Å². The average molecular weight is 286 g/mol. The molecule has 0 aliphatic rings. The smallest absolute Gasteiger partial charge is 0.296 e. The van der Waals surface area contributed by atoms with Gasteiger partial charge in [0.25, 0.3) is 0 Å². The van der Waals surface area contributed by atoms with Gasteiger partial charge < -0.3 is 0 Å². The SMILES string of the molecule is O=C=CP(=O)(OCC(F)(F)F)OCC(F)(F)F. The number of halogens is 6. The Morgan fingerprint density at radius 2 is 1.35 bits per heavy atom. The molecule has 0 saturated carbocycles. The van der Waals surface area contributed by atoms with Gasteiger partial charge in [-0.15, -0.1) is 0 Å². The van der Waals surface area contributed by atoms with Gasteiger partial charge in [0.15, 0.2) is 13.2 Å². The van der Waals surface area contributed by atoms with E-state index in [1.54, 1.807) is 0 Å². The summed E-state index contributed by atoms with van der Waals surface area (Å²) < 4.78 is 88.4. The minimum Gasteiger partial charge on any atom is -0.296 e. The zero-order chi connectivity index (χ0) is 13.7. The van der Waals surface area contributed by atoms with Crippen LogP contribution in [0.1, 0.15) is 0 Å². The molecule has 0 aromatic heterocycles. The second kappa shape index (κ2) is 5.68. The third-order valence-electron chi connectivity index (χ3n) is 1.03. The number of alkyl halides is 6. The Labute approximate surface area is 90.7 Å². The van der Waals surface area contributed by atoms with E-state index >= 15 is 0 Å². The Morgan fingerprint density at radius 3 is 1.59 bits per heavy atom. The fraction of sp³-hybridized carbons (Fsp3) is 0.667. The first-order chi connectivity index (χ1) is 7.47. The second-order valence-corrected chi connectivity index (χ2v) is 4.42. The molecule has 0 aromatic carbocycles. The number of rotatable bonds is 5. The molecule has 4 nitrogen and oxygen atoms in total. The maximum atomic E-state index is 11.7. The number of hydrogen-bond acceptors (Lipinski definition) is 4. The molecule has 0 fully saturated rings. The van der Waals surface area contributed by atoms with E-state index in [0.29, 0.717) is 0 Å². The van der Waals surface area contributed by atoms with Gasteiger partial charge in [-0.2, -0.15) is 26.3 Å². The van der Waals surface area contributed by atoms with Crippen molar-refractivity contribution in [1.29, 1.82) is 0 Å². The summed E-state index contributed by atoms with van der Waals surface area (Å²) in [4.78, 5) is 9.79. The molecule has 0 aliphatic heterocycles. The molecule has 100 valence electrons. The zero-order valence-corrected chi connectivity index (χ0v) is 8.73. The van der Waals surface area contributed by atoms with Gasteiger partial charge in [0.05, 0.1) is 0 Å². The molecule has 17 heavy (non-hydrogen) atoms. The lowest BCUT2D eigenvalue weighted by Crippen LogP contribution is -2.19. The minimum absolute atomic E-state index is 0.148. The molecular weight excluding hydrogens is 281 g/mol. The van der Waals surface area contributed by atoms with Crippen molar-refractivity contribution in [2.24, 2.45) is 0 Å². The van der Waals surface area contributed by atoms with Gasteiger partial charge >= 0.3 is 19.9 Å². The van der Waals surface area contributed by atoms with Crippen molar-refractivity contribution in [2.45, 2.75) is 12.4 Å². The van der Waals surface area contributed by atoms with E-state index in [0.717, 1.165) is 5.94 Å². The Bertz CT molecular complexity index is 319. The molecule has 0 amide bonds. The van der Waals surface area contributed by atoms with Crippen molar-refractivity contribution in [2.75, 3.05) is 13.2 Å². The van der Waals surface area contributed by atoms with Crippen LogP contribution in [-0.2, 0) is 18.4 Å². The molecular formula is C6H5F6O4P. The van der Waals surface area contributed by atoms with Crippen LogP contribution >= 0.6 is 7.60 Å². The lowest BCUT2D eigenvalue weighted by Gasteiger charge is -2.16. The Balaban J connectivity index is 4.59. The van der Waals surface area contributed by atoms with Crippen molar-refractivity contribution in [3.05, 3.63) is 5.82 Å². The monoisotopic (exact) mass is 286 g/mol. The standard InChI is InChI=1S/C6H5F6O4P/c7-5(8,9)3-15-17(14,2-1-13)16-4-6(10,11)12/h2H,3-4H2. The quantitative estimate of drug-likeness (QED) is 0.443. The van der Waals surface area contributed by atoms with Crippen LogP contribution in [0.15, 0.2) is 5.82 Å². The predicted octanol–water partition coefficient (Wildman–Crippen LogP) is 2.68. The van der Waals surface area contributed by atoms with E-state index in [-0.39, 0.29) is 5.82 Å². The van der Waals surface area contributed by atoms with Crippen molar-refractivity contribution in [1.82, 2.24) is 0 Å². The number of hydrogen-bond donors (Lipinski definition) is 0. The van der Waals surface area contributed by atoms with Crippen LogP contribution in [0, 0.1) is 0 Å². The van der Waals surface area contributed by atoms with Gasteiger partial charge in [0, 0.05) is 0 Å². The largest absolute Gasteiger partial charge is 0.412 e. The number of carbonyl (C=O) groups excluding carboxylic acids is 1. The maximum Gasteiger partial charge on any atom is 0.412 e. The summed E-state index contributed by atoms with van der Waals surface area (Å²) >= 11 is 0. The molecule has 0 aliphatic carbocycles. The summed E-state index contributed by atoms with van der Waals surface area (Å²) in [5.74, 6) is 0.610. The first kappa shape index (κ1) is 16.2. The van der Waals surface area contributed by atoms with Gasteiger partial charge in [0.2, 0.25) is 0 Å². The van der Waals surface area contributed by atoms with Crippen LogP contribution in [0.2, 0.25) is 0 Å². The van der Waals surface area contributed by atoms with E-state index in [1.165, 1.54) is 0 Å². The molecule has 0 atom stereocenters. The molecule has 11 heteroatoms. The Morgan fingerprint density at radius 1 is 1.00 bits per heavy atom. The highest BCUT2D eigenvalue weighted by atomic mass is 31.2. The van der Waals surface area contributed by atoms with Gasteiger partial charge in [0.1, 0.15) is 11.8 Å². The highest BCUT2D eigenvalue weighted by Gasteiger charge is 2.37. The van der Waals surface area contributed by atoms with Crippen molar-refractivity contribution < 1.29 is 44.7 Å². The zero-order valence-electron chi connectivity index (χ0n) is 7.84. The van der Waals surface area contributed by atoms with E-state index in [9.17, 15) is 35.7 Å². The Kier molecular flexibility index (Phi) is 5.41. The van der Waals surface area contributed by atoms with E-state index < -0.39 is 33.2 Å². The van der Waals surface area contributed by atoms with Gasteiger partial charge in [-0.1, -0.05) is 0 Å². The molecule has 0 spiro atoms. The molecule has 0 saturated heterocycles. The summed E-state index contributed by atoms with van der Waals surface area (Å²) in [5.41, 5.74) is 0. The molecule has 0 unspecified atom stereocenters. The molecule has 0 heterocycles. The first-order valence-electron chi connectivity index (χ1n) is 3.72. The molecule has 0 bridgehead atoms. The van der Waals surface area contributed by atoms with Crippen LogP contribution in [0.3, 0.4) is 0 Å². The summed E-state index contributed by atoms with van der Waals surface area (Å²) in [5, 5.41) is 0. The molecule has 0 radical (unpaired) electrons. The van der Waals surface area contributed by atoms with Gasteiger partial charge in [-0.05, 0) is 0 Å².